The molecule has 0 amide bonds. The molecule has 27 heavy (non-hydrogen) atoms. The number of hydrogen-bond donors (Lipinski definition) is 2. The molecule has 2 N–H and O–H groups in total. The number of aryl methyl sites for hydroxylation is 1. The molecule has 142 valence electrons. The molecule has 0 saturated carbocycles. The molecule has 0 saturated heterocycles. The van der Waals surface area contributed by atoms with Gasteiger partial charge in [-0.25, -0.2) is 32.5 Å². The normalized spacial score (nSPS) is 11.5. The molecule has 0 aliphatic carbocycles. The van der Waals surface area contributed by atoms with Crippen molar-refractivity contribution >= 4 is 27.4 Å². The van der Waals surface area contributed by atoms with Crippen LogP contribution in [0, 0.1) is 12.7 Å². The zero-order valence-corrected chi connectivity index (χ0v) is 15.8. The molecule has 2 heterocycles. The molecule has 0 aliphatic rings. The van der Waals surface area contributed by atoms with Gasteiger partial charge in [-0.3, -0.25) is 4.57 Å². The minimum Gasteiger partial charge on any atom is -0.369 e. The average molecular weight is 411 g/mol. The van der Waals surface area contributed by atoms with Crippen LogP contribution in [0.2, 0.25) is 5.02 Å². The third-order valence-electron chi connectivity index (χ3n) is 3.65. The molecule has 11 heteroatoms. The van der Waals surface area contributed by atoms with Gasteiger partial charge in [-0.05, 0) is 25.1 Å². The Morgan fingerprint density at radius 1 is 1.19 bits per heavy atom. The van der Waals surface area contributed by atoms with E-state index in [4.69, 9.17) is 11.6 Å². The number of aromatic nitrogens is 4. The van der Waals surface area contributed by atoms with Crippen molar-refractivity contribution < 1.29 is 12.8 Å². The van der Waals surface area contributed by atoms with Gasteiger partial charge in [0, 0.05) is 31.5 Å². The third-order valence-corrected chi connectivity index (χ3v) is 5.40. The lowest BCUT2D eigenvalue weighted by Gasteiger charge is -2.10. The predicted octanol–water partition coefficient (Wildman–Crippen LogP) is 2.15. The molecular formula is C16H16ClFN6O2S. The highest BCUT2D eigenvalue weighted by molar-refractivity contribution is 7.89. The second-order valence-electron chi connectivity index (χ2n) is 5.51. The minimum absolute atomic E-state index is 0.0980. The Bertz CT molecular complexity index is 1060. The highest BCUT2D eigenvalue weighted by Gasteiger charge is 2.15. The van der Waals surface area contributed by atoms with E-state index in [1.165, 1.54) is 6.33 Å². The van der Waals surface area contributed by atoms with Gasteiger partial charge in [0.25, 0.3) is 0 Å². The van der Waals surface area contributed by atoms with E-state index >= 15 is 0 Å². The van der Waals surface area contributed by atoms with Crippen LogP contribution >= 0.6 is 11.6 Å². The van der Waals surface area contributed by atoms with Crippen molar-refractivity contribution in [3.63, 3.8) is 0 Å². The molecule has 3 aromatic rings. The van der Waals surface area contributed by atoms with Crippen LogP contribution in [0.25, 0.3) is 5.82 Å². The van der Waals surface area contributed by atoms with Crippen LogP contribution in [0.15, 0.2) is 47.9 Å². The molecule has 8 nitrogen and oxygen atoms in total. The van der Waals surface area contributed by atoms with Crippen LogP contribution in [0.1, 0.15) is 5.82 Å². The quantitative estimate of drug-likeness (QED) is 0.579. The van der Waals surface area contributed by atoms with Crippen LogP contribution in [-0.2, 0) is 10.0 Å². The predicted molar refractivity (Wildman–Crippen MR) is 99.0 cm³/mol. The third kappa shape index (κ3) is 4.59. The van der Waals surface area contributed by atoms with Gasteiger partial charge in [0.05, 0.1) is 9.92 Å². The van der Waals surface area contributed by atoms with Crippen LogP contribution in [0.3, 0.4) is 0 Å². The number of nitrogens with one attached hydrogen (secondary N) is 2. The van der Waals surface area contributed by atoms with E-state index in [1.807, 2.05) is 6.92 Å². The Morgan fingerprint density at radius 2 is 2.00 bits per heavy atom. The molecule has 3 rings (SSSR count). The molecule has 0 aliphatic heterocycles. The van der Waals surface area contributed by atoms with Crippen molar-refractivity contribution in [2.24, 2.45) is 0 Å². The van der Waals surface area contributed by atoms with Crippen molar-refractivity contribution in [1.29, 1.82) is 0 Å². The van der Waals surface area contributed by atoms with E-state index in [0.717, 1.165) is 24.0 Å². The average Bonchev–Trinajstić information content (AvgIpc) is 3.07. The van der Waals surface area contributed by atoms with Gasteiger partial charge >= 0.3 is 0 Å². The fourth-order valence-corrected chi connectivity index (χ4v) is 3.60. The first kappa shape index (κ1) is 19.2. The summed E-state index contributed by atoms with van der Waals surface area (Å²) in [6.45, 7) is 2.24. The number of halogens is 2. The van der Waals surface area contributed by atoms with E-state index in [-0.39, 0.29) is 23.0 Å². The Balaban J connectivity index is 1.59. The molecule has 2 aromatic heterocycles. The maximum atomic E-state index is 13.2. The monoisotopic (exact) mass is 410 g/mol. The molecule has 1 aromatic carbocycles. The van der Waals surface area contributed by atoms with E-state index in [2.05, 4.69) is 25.0 Å². The molecule has 0 atom stereocenters. The maximum absolute atomic E-state index is 13.2. The molecule has 0 bridgehead atoms. The number of sulfonamides is 1. The van der Waals surface area contributed by atoms with E-state index in [0.29, 0.717) is 11.6 Å². The number of anilines is 1. The van der Waals surface area contributed by atoms with Gasteiger partial charge < -0.3 is 5.32 Å². The smallest absolute Gasteiger partial charge is 0.240 e. The van der Waals surface area contributed by atoms with Gasteiger partial charge in [0.2, 0.25) is 10.0 Å². The summed E-state index contributed by atoms with van der Waals surface area (Å²) in [6, 6.07) is 4.95. The van der Waals surface area contributed by atoms with E-state index < -0.39 is 15.8 Å². The molecule has 0 radical (unpaired) electrons. The lowest BCUT2D eigenvalue weighted by atomic mass is 10.3. The van der Waals surface area contributed by atoms with Crippen molar-refractivity contribution in [1.82, 2.24) is 24.2 Å². The van der Waals surface area contributed by atoms with Crippen molar-refractivity contribution in [2.75, 3.05) is 18.4 Å². The summed E-state index contributed by atoms with van der Waals surface area (Å²) in [6.07, 6.45) is 4.85. The first-order chi connectivity index (χ1) is 12.9. The fraction of sp³-hybridized carbons (Fsp3) is 0.188. The Hall–Kier alpha value is -2.56. The SMILES string of the molecule is Cc1nccn1-c1cc(NCCNS(=O)(=O)c2ccc(F)c(Cl)c2)ncn1. The molecule has 0 fully saturated rings. The lowest BCUT2D eigenvalue weighted by molar-refractivity contribution is 0.582. The van der Waals surface area contributed by atoms with Crippen LogP contribution in [0.4, 0.5) is 10.2 Å². The standard InChI is InChI=1S/C16H16ClFN6O2S/c1-11-19-6-7-24(11)16-9-15(21-10-22-16)20-4-5-23-27(25,26)12-2-3-14(18)13(17)8-12/h2-3,6-10,23H,4-5H2,1H3,(H,20,21,22). The topological polar surface area (TPSA) is 102 Å². The number of imidazole rings is 1. The highest BCUT2D eigenvalue weighted by atomic mass is 35.5. The maximum Gasteiger partial charge on any atom is 0.240 e. The number of hydrogen-bond acceptors (Lipinski definition) is 6. The minimum atomic E-state index is -3.79. The number of nitrogens with zero attached hydrogens (tertiary/aromatic N) is 4. The number of rotatable bonds is 7. The summed E-state index contributed by atoms with van der Waals surface area (Å²) in [5, 5.41) is 2.76. The largest absolute Gasteiger partial charge is 0.369 e. The molecular weight excluding hydrogens is 395 g/mol. The first-order valence-electron chi connectivity index (χ1n) is 7.88. The number of benzene rings is 1. The van der Waals surface area contributed by atoms with Gasteiger partial charge in [-0.15, -0.1) is 0 Å². The lowest BCUT2D eigenvalue weighted by Crippen LogP contribution is -2.29. The van der Waals surface area contributed by atoms with Gasteiger partial charge in [0.15, 0.2) is 0 Å². The summed E-state index contributed by atoms with van der Waals surface area (Å²) in [5.41, 5.74) is 0. The van der Waals surface area contributed by atoms with Gasteiger partial charge in [-0.1, -0.05) is 11.6 Å². The van der Waals surface area contributed by atoms with E-state index in [9.17, 15) is 12.8 Å². The summed E-state index contributed by atoms with van der Waals surface area (Å²) in [4.78, 5) is 12.3. The Kier molecular flexibility index (Phi) is 5.68. The molecule has 0 unspecified atom stereocenters. The second kappa shape index (κ2) is 7.99. The summed E-state index contributed by atoms with van der Waals surface area (Å²) >= 11 is 5.63. The van der Waals surface area contributed by atoms with Crippen LogP contribution in [-0.4, -0.2) is 41.0 Å². The zero-order chi connectivity index (χ0) is 19.4. The first-order valence-corrected chi connectivity index (χ1v) is 9.74. The van der Waals surface area contributed by atoms with Crippen molar-refractivity contribution in [2.45, 2.75) is 11.8 Å². The van der Waals surface area contributed by atoms with Crippen molar-refractivity contribution in [3.05, 3.63) is 59.7 Å². The Morgan fingerprint density at radius 3 is 2.70 bits per heavy atom. The van der Waals surface area contributed by atoms with Gasteiger partial charge in [0.1, 0.15) is 29.6 Å². The summed E-state index contributed by atoms with van der Waals surface area (Å²) < 4.78 is 41.8. The Labute approximate surface area is 160 Å². The molecule has 0 spiro atoms. The summed E-state index contributed by atoms with van der Waals surface area (Å²) in [7, 11) is -3.79. The fourth-order valence-electron chi connectivity index (χ4n) is 2.30. The van der Waals surface area contributed by atoms with Crippen LogP contribution in [0.5, 0.6) is 0 Å². The van der Waals surface area contributed by atoms with Gasteiger partial charge in [-0.2, -0.15) is 0 Å². The van der Waals surface area contributed by atoms with Crippen LogP contribution < -0.4 is 10.0 Å². The second-order valence-corrected chi connectivity index (χ2v) is 7.68. The van der Waals surface area contributed by atoms with E-state index in [1.54, 1.807) is 23.0 Å². The zero-order valence-electron chi connectivity index (χ0n) is 14.2. The highest BCUT2D eigenvalue weighted by Crippen LogP contribution is 2.19. The van der Waals surface area contributed by atoms with Crippen molar-refractivity contribution in [3.8, 4) is 5.82 Å². The summed E-state index contributed by atoms with van der Waals surface area (Å²) in [5.74, 6) is 1.29.